The molecule has 0 spiro atoms. The van der Waals surface area contributed by atoms with Gasteiger partial charge in [-0.15, -0.1) is 0 Å². The molecule has 0 saturated heterocycles. The Labute approximate surface area is 145 Å². The zero-order chi connectivity index (χ0) is 18.0. The van der Waals surface area contributed by atoms with Crippen LogP contribution in [0.15, 0.2) is 53.5 Å². The Balaban J connectivity index is 2.10. The highest BCUT2D eigenvalue weighted by Gasteiger charge is 2.16. The predicted octanol–water partition coefficient (Wildman–Crippen LogP) is 3.59. The van der Waals surface area contributed by atoms with Gasteiger partial charge in [0.05, 0.1) is 18.3 Å². The Kier molecular flexibility index (Phi) is 4.57. The first kappa shape index (κ1) is 16.8. The molecular weight excluding hydrogens is 316 g/mol. The first-order chi connectivity index (χ1) is 12.0. The summed E-state index contributed by atoms with van der Waals surface area (Å²) in [5.74, 6) is 0.100. The third-order valence-corrected chi connectivity index (χ3v) is 4.18. The number of nitrogens with one attached hydrogen (secondary N) is 1. The summed E-state index contributed by atoms with van der Waals surface area (Å²) in [7, 11) is 1.54. The molecule has 0 aliphatic heterocycles. The van der Waals surface area contributed by atoms with E-state index in [4.69, 9.17) is 4.74 Å². The molecule has 0 aliphatic rings. The number of hydrogen-bond acceptors (Lipinski definition) is 3. The second-order valence-corrected chi connectivity index (χ2v) is 5.83. The maximum Gasteiger partial charge on any atom is 0.261 e. The molecule has 5 nitrogen and oxygen atoms in total. The first-order valence-electron chi connectivity index (χ1n) is 8.13. The molecule has 1 N–H and O–H groups in total. The van der Waals surface area contributed by atoms with E-state index in [-0.39, 0.29) is 11.0 Å². The fourth-order valence-electron chi connectivity index (χ4n) is 2.87. The van der Waals surface area contributed by atoms with Crippen LogP contribution in [0.1, 0.15) is 22.8 Å². The van der Waals surface area contributed by atoms with Crippen molar-refractivity contribution in [3.8, 4) is 5.75 Å². The van der Waals surface area contributed by atoms with Crippen molar-refractivity contribution in [3.05, 3.63) is 70.0 Å². The number of aryl methyl sites for hydroxylation is 2. The highest BCUT2D eigenvalue weighted by molar-refractivity contribution is 6.06. The van der Waals surface area contributed by atoms with Gasteiger partial charge in [0.15, 0.2) is 0 Å². The van der Waals surface area contributed by atoms with Crippen molar-refractivity contribution >= 4 is 22.5 Å². The largest absolute Gasteiger partial charge is 0.495 e. The smallest absolute Gasteiger partial charge is 0.261 e. The summed E-state index contributed by atoms with van der Waals surface area (Å²) >= 11 is 0. The van der Waals surface area contributed by atoms with Crippen LogP contribution in [0.2, 0.25) is 0 Å². The van der Waals surface area contributed by atoms with E-state index in [1.807, 2.05) is 42.7 Å². The molecule has 1 amide bonds. The van der Waals surface area contributed by atoms with Crippen LogP contribution in [0, 0.1) is 6.92 Å². The molecule has 2 aromatic carbocycles. The van der Waals surface area contributed by atoms with Crippen LogP contribution in [0.3, 0.4) is 0 Å². The van der Waals surface area contributed by atoms with Gasteiger partial charge >= 0.3 is 0 Å². The first-order valence-corrected chi connectivity index (χ1v) is 8.13. The molecular formula is C20H20N2O3. The Morgan fingerprint density at radius 2 is 1.96 bits per heavy atom. The Morgan fingerprint density at radius 3 is 2.68 bits per heavy atom. The molecule has 0 saturated carbocycles. The molecule has 0 unspecified atom stereocenters. The number of methoxy groups -OCH3 is 1. The summed E-state index contributed by atoms with van der Waals surface area (Å²) in [6, 6.07) is 12.8. The van der Waals surface area contributed by atoms with Gasteiger partial charge in [-0.2, -0.15) is 0 Å². The Hall–Kier alpha value is -3.08. The molecule has 0 aliphatic carbocycles. The minimum atomic E-state index is -0.444. The molecule has 25 heavy (non-hydrogen) atoms. The lowest BCUT2D eigenvalue weighted by atomic mass is 10.1. The van der Waals surface area contributed by atoms with Crippen molar-refractivity contribution in [1.29, 1.82) is 0 Å². The van der Waals surface area contributed by atoms with Crippen LogP contribution in [0.25, 0.3) is 10.9 Å². The van der Waals surface area contributed by atoms with Crippen LogP contribution in [-0.2, 0) is 6.54 Å². The number of carbonyl (C=O) groups excluding carboxylic acids is 1. The second kappa shape index (κ2) is 6.81. The SMILES string of the molecule is CCn1cc(C(=O)Nc2ccccc2OC)c(=O)c2cc(C)ccc21. The number of ether oxygens (including phenoxy) is 1. The number of aromatic nitrogens is 1. The van der Waals surface area contributed by atoms with E-state index in [9.17, 15) is 9.59 Å². The highest BCUT2D eigenvalue weighted by atomic mass is 16.5. The van der Waals surface area contributed by atoms with Crippen LogP contribution in [-0.4, -0.2) is 17.6 Å². The van der Waals surface area contributed by atoms with Gasteiger partial charge in [0, 0.05) is 18.1 Å². The minimum Gasteiger partial charge on any atom is -0.495 e. The number of anilines is 1. The number of rotatable bonds is 4. The summed E-state index contributed by atoms with van der Waals surface area (Å²) in [5.41, 5.74) is 2.19. The standard InChI is InChI=1S/C20H20N2O3/c1-4-22-12-15(19(23)14-11-13(2)9-10-17(14)22)20(24)21-16-7-5-6-8-18(16)25-3/h5-12H,4H2,1-3H3,(H,21,24). The van der Waals surface area contributed by atoms with Gasteiger partial charge in [-0.25, -0.2) is 0 Å². The summed E-state index contributed by atoms with van der Waals surface area (Å²) in [4.78, 5) is 25.5. The zero-order valence-electron chi connectivity index (χ0n) is 14.5. The summed E-state index contributed by atoms with van der Waals surface area (Å²) in [6.07, 6.45) is 1.62. The maximum absolute atomic E-state index is 12.8. The van der Waals surface area contributed by atoms with Gasteiger partial charge in [-0.1, -0.05) is 23.8 Å². The van der Waals surface area contributed by atoms with Gasteiger partial charge < -0.3 is 14.6 Å². The average Bonchev–Trinajstić information content (AvgIpc) is 2.62. The van der Waals surface area contributed by atoms with E-state index in [2.05, 4.69) is 5.32 Å². The fraction of sp³-hybridized carbons (Fsp3) is 0.200. The number of hydrogen-bond donors (Lipinski definition) is 1. The molecule has 0 atom stereocenters. The molecule has 3 rings (SSSR count). The normalized spacial score (nSPS) is 10.7. The monoisotopic (exact) mass is 336 g/mol. The maximum atomic E-state index is 12.8. The van der Waals surface area contributed by atoms with Gasteiger partial charge in [0.1, 0.15) is 11.3 Å². The summed E-state index contributed by atoms with van der Waals surface area (Å²) in [6.45, 7) is 4.57. The van der Waals surface area contributed by atoms with Crippen molar-refractivity contribution in [2.75, 3.05) is 12.4 Å². The van der Waals surface area contributed by atoms with E-state index >= 15 is 0 Å². The topological polar surface area (TPSA) is 60.3 Å². The number of pyridine rings is 1. The van der Waals surface area contributed by atoms with Crippen LogP contribution in [0.5, 0.6) is 5.75 Å². The molecule has 0 bridgehead atoms. The van der Waals surface area contributed by atoms with Gasteiger partial charge in [0.2, 0.25) is 5.43 Å². The van der Waals surface area contributed by atoms with E-state index in [0.29, 0.717) is 23.4 Å². The van der Waals surface area contributed by atoms with Gasteiger partial charge in [-0.05, 0) is 38.1 Å². The predicted molar refractivity (Wildman–Crippen MR) is 99.6 cm³/mol. The van der Waals surface area contributed by atoms with E-state index in [0.717, 1.165) is 11.1 Å². The lowest BCUT2D eigenvalue weighted by molar-refractivity contribution is 0.102. The number of para-hydroxylation sites is 2. The van der Waals surface area contributed by atoms with E-state index in [1.54, 1.807) is 24.4 Å². The van der Waals surface area contributed by atoms with E-state index in [1.165, 1.54) is 7.11 Å². The summed E-state index contributed by atoms with van der Waals surface area (Å²) < 4.78 is 7.16. The quantitative estimate of drug-likeness (QED) is 0.792. The van der Waals surface area contributed by atoms with Crippen LogP contribution < -0.4 is 15.5 Å². The Morgan fingerprint density at radius 1 is 1.20 bits per heavy atom. The summed E-state index contributed by atoms with van der Waals surface area (Å²) in [5, 5.41) is 3.32. The number of benzene rings is 2. The average molecular weight is 336 g/mol. The lowest BCUT2D eigenvalue weighted by Gasteiger charge is -2.13. The second-order valence-electron chi connectivity index (χ2n) is 5.83. The van der Waals surface area contributed by atoms with Crippen molar-refractivity contribution < 1.29 is 9.53 Å². The third kappa shape index (κ3) is 3.13. The molecule has 3 aromatic rings. The fourth-order valence-corrected chi connectivity index (χ4v) is 2.87. The van der Waals surface area contributed by atoms with Gasteiger partial charge in [0.25, 0.3) is 5.91 Å². The Bertz CT molecular complexity index is 1010. The third-order valence-electron chi connectivity index (χ3n) is 4.18. The number of amides is 1. The van der Waals surface area contributed by atoms with Crippen LogP contribution in [0.4, 0.5) is 5.69 Å². The number of carbonyl (C=O) groups is 1. The minimum absolute atomic E-state index is 0.117. The highest BCUT2D eigenvalue weighted by Crippen LogP contribution is 2.23. The van der Waals surface area contributed by atoms with Crippen LogP contribution >= 0.6 is 0 Å². The molecule has 0 radical (unpaired) electrons. The van der Waals surface area contributed by atoms with Crippen molar-refractivity contribution in [1.82, 2.24) is 4.57 Å². The van der Waals surface area contributed by atoms with Crippen molar-refractivity contribution in [3.63, 3.8) is 0 Å². The molecule has 5 heteroatoms. The van der Waals surface area contributed by atoms with Crippen molar-refractivity contribution in [2.24, 2.45) is 0 Å². The van der Waals surface area contributed by atoms with Gasteiger partial charge in [-0.3, -0.25) is 9.59 Å². The molecule has 128 valence electrons. The van der Waals surface area contributed by atoms with E-state index < -0.39 is 5.91 Å². The molecule has 1 aromatic heterocycles. The number of fused-ring (bicyclic) bond motifs is 1. The molecule has 1 heterocycles. The zero-order valence-corrected chi connectivity index (χ0v) is 14.5. The van der Waals surface area contributed by atoms with Crippen molar-refractivity contribution in [2.45, 2.75) is 20.4 Å². The number of nitrogens with zero attached hydrogens (tertiary/aromatic N) is 1. The molecule has 0 fully saturated rings. The lowest BCUT2D eigenvalue weighted by Crippen LogP contribution is -2.24.